The predicted octanol–water partition coefficient (Wildman–Crippen LogP) is 7.16. The zero-order valence-corrected chi connectivity index (χ0v) is 17.2. The van der Waals surface area contributed by atoms with E-state index in [1.807, 2.05) is 12.1 Å². The smallest absolute Gasteiger partial charge is 0.384 e. The molecular weight excluding hydrogens is 377 g/mol. The van der Waals surface area contributed by atoms with Gasteiger partial charge in [-0.1, -0.05) is 79.2 Å². The molecule has 0 unspecified atom stereocenters. The van der Waals surface area contributed by atoms with Crippen LogP contribution in [0.2, 0.25) is 0 Å². The number of fused-ring (bicyclic) bond motifs is 2. The lowest BCUT2D eigenvalue weighted by Gasteiger charge is -2.32. The summed E-state index contributed by atoms with van der Waals surface area (Å²) < 4.78 is 15.6. The molecule has 0 spiro atoms. The van der Waals surface area contributed by atoms with E-state index in [1.54, 1.807) is 0 Å². The highest BCUT2D eigenvalue weighted by Crippen LogP contribution is 2.48. The van der Waals surface area contributed by atoms with Crippen molar-refractivity contribution in [2.45, 2.75) is 19.3 Å². The van der Waals surface area contributed by atoms with Crippen molar-refractivity contribution < 1.29 is 9.05 Å². The Morgan fingerprint density at radius 2 is 1.03 bits per heavy atom. The van der Waals surface area contributed by atoms with Crippen molar-refractivity contribution in [3.05, 3.63) is 84.9 Å². The Morgan fingerprint density at radius 3 is 1.59 bits per heavy atom. The first-order valence-corrected chi connectivity index (χ1v) is 11.4. The van der Waals surface area contributed by atoms with Crippen LogP contribution in [-0.2, 0) is 0 Å². The van der Waals surface area contributed by atoms with Crippen LogP contribution in [-0.4, -0.2) is 17.8 Å². The SMILES string of the molecule is c1ccc2c(OP(Oc3cccc4ccccc34)N3CCCCC3)cccc2c1. The van der Waals surface area contributed by atoms with Gasteiger partial charge in [-0.3, -0.25) is 0 Å². The second kappa shape index (κ2) is 8.41. The van der Waals surface area contributed by atoms with E-state index in [9.17, 15) is 0 Å². The molecule has 4 aromatic carbocycles. The van der Waals surface area contributed by atoms with Crippen LogP contribution in [0, 0.1) is 0 Å². The summed E-state index contributed by atoms with van der Waals surface area (Å²) in [7, 11) is -1.24. The number of nitrogens with zero attached hydrogens (tertiary/aromatic N) is 1. The zero-order chi connectivity index (χ0) is 19.5. The molecule has 0 saturated carbocycles. The molecule has 3 nitrogen and oxygen atoms in total. The molecule has 0 amide bonds. The highest BCUT2D eigenvalue weighted by molar-refractivity contribution is 7.45. The van der Waals surface area contributed by atoms with E-state index in [-0.39, 0.29) is 0 Å². The van der Waals surface area contributed by atoms with Crippen molar-refractivity contribution in [3.8, 4) is 11.5 Å². The Kier molecular flexibility index (Phi) is 5.34. The molecule has 0 N–H and O–H groups in total. The van der Waals surface area contributed by atoms with E-state index in [0.29, 0.717) is 0 Å². The maximum Gasteiger partial charge on any atom is 0.384 e. The molecule has 0 aromatic heterocycles. The quantitative estimate of drug-likeness (QED) is 0.331. The summed E-state index contributed by atoms with van der Waals surface area (Å²) in [5.74, 6) is 1.78. The Balaban J connectivity index is 1.51. The maximum atomic E-state index is 6.59. The first kappa shape index (κ1) is 18.4. The molecular formula is C25H24NO2P. The van der Waals surface area contributed by atoms with E-state index in [2.05, 4.69) is 77.5 Å². The maximum absolute atomic E-state index is 6.59. The molecule has 5 rings (SSSR count). The third-order valence-electron chi connectivity index (χ3n) is 5.42. The van der Waals surface area contributed by atoms with E-state index >= 15 is 0 Å². The van der Waals surface area contributed by atoms with Crippen molar-refractivity contribution in [1.29, 1.82) is 0 Å². The van der Waals surface area contributed by atoms with Crippen molar-refractivity contribution >= 4 is 30.1 Å². The average molecular weight is 401 g/mol. The van der Waals surface area contributed by atoms with E-state index in [0.717, 1.165) is 35.4 Å². The summed E-state index contributed by atoms with van der Waals surface area (Å²) in [5.41, 5.74) is 0. The van der Waals surface area contributed by atoms with Gasteiger partial charge in [0, 0.05) is 23.9 Å². The largest absolute Gasteiger partial charge is 0.426 e. The lowest BCUT2D eigenvalue weighted by molar-refractivity contribution is 0.308. The van der Waals surface area contributed by atoms with Crippen LogP contribution in [0.1, 0.15) is 19.3 Å². The molecule has 0 bridgehead atoms. The molecule has 1 fully saturated rings. The summed E-state index contributed by atoms with van der Waals surface area (Å²) in [6.45, 7) is 2.03. The molecule has 1 aliphatic rings. The van der Waals surface area contributed by atoms with Gasteiger partial charge >= 0.3 is 8.53 Å². The van der Waals surface area contributed by atoms with E-state index < -0.39 is 8.53 Å². The minimum Gasteiger partial charge on any atom is -0.426 e. The minimum atomic E-state index is -1.24. The van der Waals surface area contributed by atoms with Gasteiger partial charge in [0.15, 0.2) is 0 Å². The fourth-order valence-electron chi connectivity index (χ4n) is 3.89. The number of piperidine rings is 1. The van der Waals surface area contributed by atoms with Gasteiger partial charge in [0.25, 0.3) is 0 Å². The normalized spacial score (nSPS) is 15.1. The van der Waals surface area contributed by atoms with Gasteiger partial charge in [-0.2, -0.15) is 0 Å². The molecule has 146 valence electrons. The Labute approximate surface area is 172 Å². The third kappa shape index (κ3) is 3.94. The summed E-state index contributed by atoms with van der Waals surface area (Å²) in [4.78, 5) is 0. The summed E-state index contributed by atoms with van der Waals surface area (Å²) in [5, 5.41) is 4.62. The van der Waals surface area contributed by atoms with Crippen LogP contribution in [0.3, 0.4) is 0 Å². The minimum absolute atomic E-state index is 0.889. The van der Waals surface area contributed by atoms with Crippen molar-refractivity contribution in [1.82, 2.24) is 4.67 Å². The molecule has 4 heteroatoms. The van der Waals surface area contributed by atoms with Gasteiger partial charge in [-0.25, -0.2) is 4.67 Å². The Bertz CT molecular complexity index is 1030. The van der Waals surface area contributed by atoms with Gasteiger partial charge in [-0.15, -0.1) is 0 Å². The summed E-state index contributed by atoms with van der Waals surface area (Å²) in [6, 6.07) is 29.2. The number of rotatable bonds is 5. The number of hydrogen-bond donors (Lipinski definition) is 0. The molecule has 1 aliphatic heterocycles. The van der Waals surface area contributed by atoms with Crippen LogP contribution in [0.15, 0.2) is 84.9 Å². The van der Waals surface area contributed by atoms with Gasteiger partial charge < -0.3 is 9.05 Å². The van der Waals surface area contributed by atoms with E-state index in [4.69, 9.17) is 9.05 Å². The average Bonchev–Trinajstić information content (AvgIpc) is 2.80. The first-order chi connectivity index (χ1) is 14.4. The molecule has 1 saturated heterocycles. The summed E-state index contributed by atoms with van der Waals surface area (Å²) in [6.07, 6.45) is 3.66. The highest BCUT2D eigenvalue weighted by atomic mass is 31.2. The fourth-order valence-corrected chi connectivity index (χ4v) is 5.43. The van der Waals surface area contributed by atoms with Crippen molar-refractivity contribution in [2.75, 3.05) is 13.1 Å². The standard InChI is InChI=1S/C25H24NO2P/c1-6-18-26(19-7-1)29(27-24-16-8-12-20-10-2-4-14-22(20)24)28-25-17-9-13-21-11-3-5-15-23(21)25/h2-5,8-17H,1,6-7,18-19H2. The second-order valence-corrected chi connectivity index (χ2v) is 8.80. The number of hydrogen-bond acceptors (Lipinski definition) is 3. The fraction of sp³-hybridized carbons (Fsp3) is 0.200. The zero-order valence-electron chi connectivity index (χ0n) is 16.3. The monoisotopic (exact) mass is 401 g/mol. The summed E-state index contributed by atoms with van der Waals surface area (Å²) >= 11 is 0. The van der Waals surface area contributed by atoms with Crippen LogP contribution in [0.25, 0.3) is 21.5 Å². The second-order valence-electron chi connectivity index (χ2n) is 7.39. The van der Waals surface area contributed by atoms with Gasteiger partial charge in [0.2, 0.25) is 0 Å². The Morgan fingerprint density at radius 1 is 0.552 bits per heavy atom. The van der Waals surface area contributed by atoms with Crippen molar-refractivity contribution in [2.24, 2.45) is 0 Å². The van der Waals surface area contributed by atoms with Crippen molar-refractivity contribution in [3.63, 3.8) is 0 Å². The van der Waals surface area contributed by atoms with Crippen LogP contribution in [0.4, 0.5) is 0 Å². The molecule has 4 aromatic rings. The topological polar surface area (TPSA) is 21.7 Å². The molecule has 0 radical (unpaired) electrons. The van der Waals surface area contributed by atoms with Gasteiger partial charge in [-0.05, 0) is 35.7 Å². The molecule has 29 heavy (non-hydrogen) atoms. The van der Waals surface area contributed by atoms with Gasteiger partial charge in [0.1, 0.15) is 11.5 Å². The lowest BCUT2D eigenvalue weighted by atomic mass is 10.1. The highest BCUT2D eigenvalue weighted by Gasteiger charge is 2.28. The molecule has 1 heterocycles. The predicted molar refractivity (Wildman–Crippen MR) is 121 cm³/mol. The van der Waals surface area contributed by atoms with Crippen LogP contribution >= 0.6 is 8.53 Å². The number of benzene rings is 4. The van der Waals surface area contributed by atoms with E-state index in [1.165, 1.54) is 30.0 Å². The van der Waals surface area contributed by atoms with Crippen LogP contribution in [0.5, 0.6) is 11.5 Å². The molecule has 0 atom stereocenters. The first-order valence-electron chi connectivity index (χ1n) is 10.2. The third-order valence-corrected chi connectivity index (χ3v) is 6.98. The lowest BCUT2D eigenvalue weighted by Crippen LogP contribution is -2.28. The van der Waals surface area contributed by atoms with Crippen LogP contribution < -0.4 is 9.05 Å². The van der Waals surface area contributed by atoms with Gasteiger partial charge in [0.05, 0.1) is 0 Å². The molecule has 0 aliphatic carbocycles. The Hall–Kier alpha value is -2.61.